The third kappa shape index (κ3) is 4.74. The summed E-state index contributed by atoms with van der Waals surface area (Å²) in [7, 11) is 0. The van der Waals surface area contributed by atoms with Gasteiger partial charge >= 0.3 is 0 Å². The first-order valence-electron chi connectivity index (χ1n) is 13.8. The van der Waals surface area contributed by atoms with Gasteiger partial charge in [0.25, 0.3) is 11.8 Å². The molecule has 0 unspecified atom stereocenters. The fourth-order valence-electron chi connectivity index (χ4n) is 5.57. The molecule has 0 fully saturated rings. The summed E-state index contributed by atoms with van der Waals surface area (Å²) in [6.45, 7) is 0.660. The van der Waals surface area contributed by atoms with Gasteiger partial charge in [0.1, 0.15) is 11.6 Å². The standard InChI is InChI=1S/C34H23F2N5O2/c35-24-10-6-21(7-11-24)29-28-20-40(18-3-19-41-33(42)26-4-1-2-5-27(26)34(41)43)39-32(28)38-31(23-8-12-25(36)13-9-23)30(29)22-14-16-37-17-15-22/h1-2,4-17,20H,3,18-19H2. The molecule has 0 saturated heterocycles. The zero-order valence-corrected chi connectivity index (χ0v) is 22.7. The number of fused-ring (bicyclic) bond motifs is 2. The number of carbonyl (C=O) groups excluding carboxylic acids is 2. The molecule has 0 aliphatic carbocycles. The van der Waals surface area contributed by atoms with Crippen molar-refractivity contribution >= 4 is 22.8 Å². The van der Waals surface area contributed by atoms with Crippen LogP contribution in [-0.4, -0.2) is 43.0 Å². The van der Waals surface area contributed by atoms with E-state index < -0.39 is 0 Å². The van der Waals surface area contributed by atoms with Gasteiger partial charge in [-0.05, 0) is 78.2 Å². The van der Waals surface area contributed by atoms with Crippen molar-refractivity contribution in [3.63, 3.8) is 0 Å². The lowest BCUT2D eigenvalue weighted by atomic mass is 9.90. The largest absolute Gasteiger partial charge is 0.274 e. The van der Waals surface area contributed by atoms with E-state index in [9.17, 15) is 18.4 Å². The van der Waals surface area contributed by atoms with Crippen molar-refractivity contribution < 1.29 is 18.4 Å². The van der Waals surface area contributed by atoms with Crippen LogP contribution in [0.1, 0.15) is 27.1 Å². The van der Waals surface area contributed by atoms with E-state index in [0.717, 1.165) is 27.6 Å². The average molecular weight is 572 g/mol. The molecule has 7 nitrogen and oxygen atoms in total. The number of amides is 2. The number of hydrogen-bond donors (Lipinski definition) is 0. The molecule has 6 aromatic rings. The van der Waals surface area contributed by atoms with Gasteiger partial charge < -0.3 is 0 Å². The van der Waals surface area contributed by atoms with Gasteiger partial charge in [-0.1, -0.05) is 24.3 Å². The number of benzene rings is 3. The smallest absolute Gasteiger partial charge is 0.261 e. The van der Waals surface area contributed by atoms with Crippen molar-refractivity contribution in [2.24, 2.45) is 0 Å². The molecule has 1 aliphatic heterocycles. The van der Waals surface area contributed by atoms with Crippen molar-refractivity contribution in [1.82, 2.24) is 24.6 Å². The maximum Gasteiger partial charge on any atom is 0.261 e. The number of hydrogen-bond acceptors (Lipinski definition) is 5. The molecule has 7 rings (SSSR count). The van der Waals surface area contributed by atoms with Crippen LogP contribution in [0.2, 0.25) is 0 Å². The lowest BCUT2D eigenvalue weighted by Gasteiger charge is -2.16. The number of aromatic nitrogens is 4. The van der Waals surface area contributed by atoms with Crippen molar-refractivity contribution in [2.75, 3.05) is 6.54 Å². The molecule has 0 bridgehead atoms. The van der Waals surface area contributed by atoms with Gasteiger partial charge in [0.15, 0.2) is 5.65 Å². The fraction of sp³-hybridized carbons (Fsp3) is 0.0882. The van der Waals surface area contributed by atoms with Gasteiger partial charge in [-0.15, -0.1) is 0 Å². The normalized spacial score (nSPS) is 12.7. The first-order valence-corrected chi connectivity index (χ1v) is 13.8. The number of carbonyl (C=O) groups is 2. The van der Waals surface area contributed by atoms with Crippen LogP contribution < -0.4 is 0 Å². The molecule has 0 saturated carbocycles. The molecule has 0 radical (unpaired) electrons. The van der Waals surface area contributed by atoms with E-state index in [1.807, 2.05) is 18.3 Å². The van der Waals surface area contributed by atoms with E-state index in [1.165, 1.54) is 29.2 Å². The van der Waals surface area contributed by atoms with Crippen LogP contribution in [-0.2, 0) is 6.54 Å². The fourth-order valence-corrected chi connectivity index (χ4v) is 5.57. The topological polar surface area (TPSA) is 81.0 Å². The highest BCUT2D eigenvalue weighted by Crippen LogP contribution is 2.43. The highest BCUT2D eigenvalue weighted by molar-refractivity contribution is 6.21. The lowest BCUT2D eigenvalue weighted by molar-refractivity contribution is 0.0650. The molecule has 9 heteroatoms. The molecular weight excluding hydrogens is 548 g/mol. The molecule has 0 N–H and O–H groups in total. The first-order chi connectivity index (χ1) is 21.0. The predicted octanol–water partition coefficient (Wildman–Crippen LogP) is 6.79. The van der Waals surface area contributed by atoms with Gasteiger partial charge in [0, 0.05) is 53.8 Å². The predicted molar refractivity (Wildman–Crippen MR) is 158 cm³/mol. The summed E-state index contributed by atoms with van der Waals surface area (Å²) < 4.78 is 29.6. The van der Waals surface area contributed by atoms with E-state index in [4.69, 9.17) is 10.1 Å². The molecule has 1 aliphatic rings. The summed E-state index contributed by atoms with van der Waals surface area (Å²) in [5.41, 5.74) is 5.74. The summed E-state index contributed by atoms with van der Waals surface area (Å²) in [5, 5.41) is 5.49. The zero-order valence-electron chi connectivity index (χ0n) is 22.7. The highest BCUT2D eigenvalue weighted by Gasteiger charge is 2.34. The Morgan fingerprint density at radius 1 is 0.651 bits per heavy atom. The molecule has 43 heavy (non-hydrogen) atoms. The molecule has 210 valence electrons. The van der Waals surface area contributed by atoms with Crippen LogP contribution >= 0.6 is 0 Å². The number of halogens is 2. The number of aryl methyl sites for hydroxylation is 1. The van der Waals surface area contributed by atoms with E-state index in [0.29, 0.717) is 41.0 Å². The van der Waals surface area contributed by atoms with Gasteiger partial charge in [-0.2, -0.15) is 5.10 Å². The second-order valence-corrected chi connectivity index (χ2v) is 10.3. The Bertz CT molecular complexity index is 1970. The van der Waals surface area contributed by atoms with Gasteiger partial charge in [0.2, 0.25) is 0 Å². The van der Waals surface area contributed by atoms with E-state index >= 15 is 0 Å². The molecule has 4 heterocycles. The summed E-state index contributed by atoms with van der Waals surface area (Å²) in [4.78, 5) is 36.0. The average Bonchev–Trinajstić information content (AvgIpc) is 3.55. The Morgan fingerprint density at radius 2 is 1.23 bits per heavy atom. The third-order valence-electron chi connectivity index (χ3n) is 7.58. The van der Waals surface area contributed by atoms with Crippen molar-refractivity contribution in [3.05, 3.63) is 126 Å². The second-order valence-electron chi connectivity index (χ2n) is 10.3. The summed E-state index contributed by atoms with van der Waals surface area (Å²) >= 11 is 0. The quantitative estimate of drug-likeness (QED) is 0.197. The van der Waals surface area contributed by atoms with Crippen LogP contribution in [0.5, 0.6) is 0 Å². The van der Waals surface area contributed by atoms with Crippen molar-refractivity contribution in [1.29, 1.82) is 0 Å². The molecule has 3 aromatic heterocycles. The summed E-state index contributed by atoms with van der Waals surface area (Å²) in [6, 6.07) is 22.9. The Balaban J connectivity index is 1.31. The SMILES string of the molecule is O=C1c2ccccc2C(=O)N1CCCn1cc2c(-c3ccc(F)cc3)c(-c3ccncc3)c(-c3ccc(F)cc3)nc2n1. The summed E-state index contributed by atoms with van der Waals surface area (Å²) in [6.07, 6.45) is 5.73. The molecule has 3 aromatic carbocycles. The monoisotopic (exact) mass is 571 g/mol. The minimum Gasteiger partial charge on any atom is -0.274 e. The lowest BCUT2D eigenvalue weighted by Crippen LogP contribution is -2.31. The molecule has 2 amide bonds. The third-order valence-corrected chi connectivity index (χ3v) is 7.58. The van der Waals surface area contributed by atoms with E-state index in [1.54, 1.807) is 65.6 Å². The van der Waals surface area contributed by atoms with Crippen molar-refractivity contribution in [2.45, 2.75) is 13.0 Å². The van der Waals surface area contributed by atoms with Crippen LogP contribution in [0.15, 0.2) is 104 Å². The Hall–Kier alpha value is -5.57. The minimum atomic E-state index is -0.364. The number of imide groups is 1. The number of rotatable bonds is 7. The number of nitrogens with zero attached hydrogens (tertiary/aromatic N) is 5. The Morgan fingerprint density at radius 3 is 1.86 bits per heavy atom. The molecule has 0 atom stereocenters. The van der Waals surface area contributed by atoms with Crippen LogP contribution in [0, 0.1) is 11.6 Å². The van der Waals surface area contributed by atoms with Crippen molar-refractivity contribution in [3.8, 4) is 33.5 Å². The zero-order chi connectivity index (χ0) is 29.5. The minimum absolute atomic E-state index is 0.240. The molecule has 0 spiro atoms. The van der Waals surface area contributed by atoms with E-state index in [-0.39, 0.29) is 30.0 Å². The van der Waals surface area contributed by atoms with E-state index in [2.05, 4.69) is 4.98 Å². The summed E-state index contributed by atoms with van der Waals surface area (Å²) in [5.74, 6) is -1.31. The Kier molecular flexibility index (Phi) is 6.54. The van der Waals surface area contributed by atoms with Gasteiger partial charge in [-0.25, -0.2) is 13.8 Å². The maximum atomic E-state index is 14.0. The highest BCUT2D eigenvalue weighted by atomic mass is 19.1. The Labute approximate surface area is 245 Å². The number of pyridine rings is 2. The van der Waals surface area contributed by atoms with Gasteiger partial charge in [-0.3, -0.25) is 24.2 Å². The molecular formula is C34H23F2N5O2. The van der Waals surface area contributed by atoms with Crippen LogP contribution in [0.3, 0.4) is 0 Å². The first kappa shape index (κ1) is 26.3. The van der Waals surface area contributed by atoms with Crippen LogP contribution in [0.25, 0.3) is 44.5 Å². The van der Waals surface area contributed by atoms with Crippen LogP contribution in [0.4, 0.5) is 8.78 Å². The van der Waals surface area contributed by atoms with Gasteiger partial charge in [0.05, 0.1) is 16.8 Å². The second kappa shape index (κ2) is 10.7. The maximum absolute atomic E-state index is 14.0.